The minimum atomic E-state index is 0. The van der Waals surface area contributed by atoms with Crippen LogP contribution >= 0.6 is 12.4 Å². The summed E-state index contributed by atoms with van der Waals surface area (Å²) in [5, 5.41) is 3.29. The Morgan fingerprint density at radius 3 is 3.00 bits per heavy atom. The number of ether oxygens (including phenoxy) is 1. The van der Waals surface area contributed by atoms with Crippen LogP contribution in [0.25, 0.3) is 0 Å². The van der Waals surface area contributed by atoms with Gasteiger partial charge in [0, 0.05) is 18.3 Å². The molecule has 0 saturated heterocycles. The molecule has 12 heavy (non-hydrogen) atoms. The number of hydrogen-bond acceptors (Lipinski definition) is 2. The molecule has 0 bridgehead atoms. The summed E-state index contributed by atoms with van der Waals surface area (Å²) in [5.41, 5.74) is 2.62. The van der Waals surface area contributed by atoms with Crippen molar-refractivity contribution in [3.63, 3.8) is 0 Å². The van der Waals surface area contributed by atoms with Gasteiger partial charge in [0.15, 0.2) is 0 Å². The van der Waals surface area contributed by atoms with E-state index in [1.165, 1.54) is 11.3 Å². The van der Waals surface area contributed by atoms with E-state index >= 15 is 0 Å². The number of rotatable bonds is 1. The van der Waals surface area contributed by atoms with Crippen LogP contribution in [0.1, 0.15) is 5.56 Å². The van der Waals surface area contributed by atoms with Gasteiger partial charge in [-0.2, -0.15) is 0 Å². The molecule has 1 aromatic carbocycles. The lowest BCUT2D eigenvalue weighted by atomic mass is 10.2. The van der Waals surface area contributed by atoms with Crippen molar-refractivity contribution in [2.24, 2.45) is 0 Å². The molecule has 0 fully saturated rings. The zero-order valence-electron chi connectivity index (χ0n) is 6.96. The molecule has 0 radical (unpaired) electrons. The van der Waals surface area contributed by atoms with Crippen molar-refractivity contribution < 1.29 is 4.74 Å². The number of hydrogen-bond donors (Lipinski definition) is 1. The smallest absolute Gasteiger partial charge is 0.120 e. The van der Waals surface area contributed by atoms with Crippen molar-refractivity contribution in [3.05, 3.63) is 23.8 Å². The Morgan fingerprint density at radius 2 is 2.25 bits per heavy atom. The van der Waals surface area contributed by atoms with Crippen molar-refractivity contribution in [2.75, 3.05) is 19.0 Å². The van der Waals surface area contributed by atoms with Gasteiger partial charge in [0.05, 0.1) is 7.11 Å². The molecule has 66 valence electrons. The topological polar surface area (TPSA) is 21.3 Å². The second-order valence-corrected chi connectivity index (χ2v) is 2.70. The lowest BCUT2D eigenvalue weighted by Gasteiger charge is -2.02. The number of methoxy groups -OCH3 is 1. The molecule has 0 aliphatic carbocycles. The predicted octanol–water partition coefficient (Wildman–Crippen LogP) is 2.09. The quantitative estimate of drug-likeness (QED) is 0.724. The maximum absolute atomic E-state index is 5.10. The molecule has 0 aromatic heterocycles. The summed E-state index contributed by atoms with van der Waals surface area (Å²) in [4.78, 5) is 0. The first kappa shape index (κ1) is 9.20. The zero-order valence-corrected chi connectivity index (χ0v) is 7.78. The van der Waals surface area contributed by atoms with Crippen molar-refractivity contribution in [1.82, 2.24) is 0 Å². The zero-order chi connectivity index (χ0) is 7.68. The number of benzene rings is 1. The van der Waals surface area contributed by atoms with Gasteiger partial charge in [-0.05, 0) is 18.1 Å². The number of halogens is 1. The third-order valence-electron chi connectivity index (χ3n) is 2.03. The van der Waals surface area contributed by atoms with Gasteiger partial charge < -0.3 is 10.1 Å². The van der Waals surface area contributed by atoms with Crippen LogP contribution in [0.15, 0.2) is 18.2 Å². The SMILES string of the molecule is COc1ccc2c(c1)NCC2.Cl. The second kappa shape index (κ2) is 3.68. The lowest BCUT2D eigenvalue weighted by Crippen LogP contribution is -1.91. The van der Waals surface area contributed by atoms with Gasteiger partial charge in [-0.15, -0.1) is 12.4 Å². The van der Waals surface area contributed by atoms with E-state index in [1.807, 2.05) is 12.1 Å². The molecule has 1 aliphatic heterocycles. The molecule has 3 heteroatoms. The molecule has 1 N–H and O–H groups in total. The standard InChI is InChI=1S/C9H11NO.ClH/c1-11-8-3-2-7-4-5-10-9(7)6-8;/h2-3,6,10H,4-5H2,1H3;1H. The Kier molecular flexibility index (Phi) is 2.82. The van der Waals surface area contributed by atoms with E-state index in [9.17, 15) is 0 Å². The van der Waals surface area contributed by atoms with E-state index < -0.39 is 0 Å². The molecule has 0 spiro atoms. The summed E-state index contributed by atoms with van der Waals surface area (Å²) in [6.07, 6.45) is 1.14. The number of fused-ring (bicyclic) bond motifs is 1. The van der Waals surface area contributed by atoms with Crippen LogP contribution in [0, 0.1) is 0 Å². The molecule has 0 amide bonds. The van der Waals surface area contributed by atoms with Crippen LogP contribution in [-0.2, 0) is 6.42 Å². The summed E-state index contributed by atoms with van der Waals surface area (Å²) >= 11 is 0. The largest absolute Gasteiger partial charge is 0.497 e. The first-order chi connectivity index (χ1) is 5.40. The second-order valence-electron chi connectivity index (χ2n) is 2.70. The molecule has 1 aromatic rings. The highest BCUT2D eigenvalue weighted by molar-refractivity contribution is 5.85. The molecular formula is C9H12ClNO. The van der Waals surface area contributed by atoms with Crippen LogP contribution in [-0.4, -0.2) is 13.7 Å². The van der Waals surface area contributed by atoms with Gasteiger partial charge in [-0.3, -0.25) is 0 Å². The summed E-state index contributed by atoms with van der Waals surface area (Å²) in [6, 6.07) is 6.17. The van der Waals surface area contributed by atoms with Crippen LogP contribution in [0.2, 0.25) is 0 Å². The van der Waals surface area contributed by atoms with Gasteiger partial charge in [0.1, 0.15) is 5.75 Å². The average Bonchev–Trinajstić information content (AvgIpc) is 2.50. The molecule has 1 aliphatic rings. The van der Waals surface area contributed by atoms with E-state index in [4.69, 9.17) is 4.74 Å². The fourth-order valence-electron chi connectivity index (χ4n) is 1.40. The highest BCUT2D eigenvalue weighted by Crippen LogP contribution is 2.26. The van der Waals surface area contributed by atoms with Gasteiger partial charge >= 0.3 is 0 Å². The van der Waals surface area contributed by atoms with Gasteiger partial charge in [-0.1, -0.05) is 6.07 Å². The first-order valence-electron chi connectivity index (χ1n) is 3.81. The van der Waals surface area contributed by atoms with Crippen LogP contribution in [0.4, 0.5) is 5.69 Å². The van der Waals surface area contributed by atoms with Crippen molar-refractivity contribution >= 4 is 18.1 Å². The molecular weight excluding hydrogens is 174 g/mol. The Labute approximate surface area is 78.3 Å². The first-order valence-corrected chi connectivity index (χ1v) is 3.81. The van der Waals surface area contributed by atoms with Gasteiger partial charge in [0.25, 0.3) is 0 Å². The Bertz CT molecular complexity index is 275. The maximum atomic E-state index is 5.10. The fourth-order valence-corrected chi connectivity index (χ4v) is 1.40. The average molecular weight is 186 g/mol. The van der Waals surface area contributed by atoms with Crippen molar-refractivity contribution in [2.45, 2.75) is 6.42 Å². The molecule has 0 atom stereocenters. The summed E-state index contributed by atoms with van der Waals surface area (Å²) in [5.74, 6) is 0.929. The van der Waals surface area contributed by atoms with E-state index in [0.29, 0.717) is 0 Å². The minimum Gasteiger partial charge on any atom is -0.497 e. The summed E-state index contributed by atoms with van der Waals surface area (Å²) in [6.45, 7) is 1.06. The maximum Gasteiger partial charge on any atom is 0.120 e. The highest BCUT2D eigenvalue weighted by atomic mass is 35.5. The molecule has 0 unspecified atom stereocenters. The van der Waals surface area contributed by atoms with E-state index in [-0.39, 0.29) is 12.4 Å². The summed E-state index contributed by atoms with van der Waals surface area (Å²) < 4.78 is 5.10. The van der Waals surface area contributed by atoms with Crippen LogP contribution in [0.3, 0.4) is 0 Å². The summed E-state index contributed by atoms with van der Waals surface area (Å²) in [7, 11) is 1.69. The lowest BCUT2D eigenvalue weighted by molar-refractivity contribution is 0.415. The molecule has 2 rings (SSSR count). The Balaban J connectivity index is 0.000000720. The number of anilines is 1. The minimum absolute atomic E-state index is 0. The molecule has 1 heterocycles. The van der Waals surface area contributed by atoms with Gasteiger partial charge in [0.2, 0.25) is 0 Å². The van der Waals surface area contributed by atoms with Crippen LogP contribution in [0.5, 0.6) is 5.75 Å². The number of nitrogens with one attached hydrogen (secondary N) is 1. The third-order valence-corrected chi connectivity index (χ3v) is 2.03. The third kappa shape index (κ3) is 1.48. The Morgan fingerprint density at radius 1 is 1.42 bits per heavy atom. The van der Waals surface area contributed by atoms with Crippen molar-refractivity contribution in [3.8, 4) is 5.75 Å². The normalized spacial score (nSPS) is 12.8. The van der Waals surface area contributed by atoms with Crippen molar-refractivity contribution in [1.29, 1.82) is 0 Å². The molecule has 0 saturated carbocycles. The predicted molar refractivity (Wildman–Crippen MR) is 52.4 cm³/mol. The van der Waals surface area contributed by atoms with Gasteiger partial charge in [-0.25, -0.2) is 0 Å². The van der Waals surface area contributed by atoms with E-state index in [2.05, 4.69) is 11.4 Å². The van der Waals surface area contributed by atoms with Crippen LogP contribution < -0.4 is 10.1 Å². The Hall–Kier alpha value is -0.890. The fraction of sp³-hybridized carbons (Fsp3) is 0.333. The monoisotopic (exact) mass is 185 g/mol. The van der Waals surface area contributed by atoms with E-state index in [1.54, 1.807) is 7.11 Å². The molecule has 2 nitrogen and oxygen atoms in total. The van der Waals surface area contributed by atoms with E-state index in [0.717, 1.165) is 18.7 Å². The highest BCUT2D eigenvalue weighted by Gasteiger charge is 2.09.